The molecule has 1 aliphatic heterocycles. The average molecular weight is 661 g/mol. The predicted molar refractivity (Wildman–Crippen MR) is 185 cm³/mol. The molecule has 0 saturated carbocycles. The van der Waals surface area contributed by atoms with E-state index in [2.05, 4.69) is 18.7 Å². The Morgan fingerprint density at radius 2 is 1.50 bits per heavy atom. The Bertz CT molecular complexity index is 1740. The normalized spacial score (nSPS) is 13.8. The van der Waals surface area contributed by atoms with Crippen LogP contribution < -0.4 is 19.1 Å². The molecule has 7 nitrogen and oxygen atoms in total. The fourth-order valence-corrected chi connectivity index (χ4v) is 7.18. The minimum absolute atomic E-state index is 0.185. The molecule has 46 heavy (non-hydrogen) atoms. The standard InChI is InChI=1S/C37H41ClN2O5S/c1-6-26(2)21-39-24-30(35-17-11-31(38)19-27(35)3)25-45-37-18-16-34(20-36(37)39)46(41,42)40(22-28-7-12-32(43-4)13-8-28)23-29-9-14-33(44-5)15-10-29/h7-20,25-26H,6,21-24H2,1-5H3/t26-/m0/s1. The van der Waals surface area contributed by atoms with Crippen molar-refractivity contribution in [2.75, 3.05) is 32.2 Å². The summed E-state index contributed by atoms with van der Waals surface area (Å²) in [6.45, 7) is 8.07. The monoisotopic (exact) mass is 660 g/mol. The molecule has 0 bridgehead atoms. The summed E-state index contributed by atoms with van der Waals surface area (Å²) in [5.41, 5.74) is 5.53. The summed E-state index contributed by atoms with van der Waals surface area (Å²) in [6.07, 6.45) is 2.76. The maximum absolute atomic E-state index is 14.5. The smallest absolute Gasteiger partial charge is 0.243 e. The Balaban J connectivity index is 1.52. The van der Waals surface area contributed by atoms with E-state index >= 15 is 0 Å². The van der Waals surface area contributed by atoms with E-state index in [1.807, 2.05) is 73.7 Å². The van der Waals surface area contributed by atoms with Crippen LogP contribution in [0.4, 0.5) is 5.69 Å². The van der Waals surface area contributed by atoms with Gasteiger partial charge in [0.05, 0.1) is 31.1 Å². The number of anilines is 1. The van der Waals surface area contributed by atoms with Crippen molar-refractivity contribution in [1.82, 2.24) is 4.31 Å². The maximum Gasteiger partial charge on any atom is 0.243 e. The van der Waals surface area contributed by atoms with Gasteiger partial charge in [-0.25, -0.2) is 8.42 Å². The van der Waals surface area contributed by atoms with Gasteiger partial charge in [-0.1, -0.05) is 62.2 Å². The molecule has 0 unspecified atom stereocenters. The van der Waals surface area contributed by atoms with Gasteiger partial charge in [0, 0.05) is 36.8 Å². The number of nitrogens with zero attached hydrogens (tertiary/aromatic N) is 2. The Kier molecular flexibility index (Phi) is 10.6. The number of sulfonamides is 1. The highest BCUT2D eigenvalue weighted by atomic mass is 35.5. The SMILES string of the molecule is CC[C@H](C)CN1CC(c2ccc(Cl)cc2C)=COc2ccc(S(=O)(=O)N(Cc3ccc(OC)cc3)Cc3ccc(OC)cc3)cc21. The first-order valence-electron chi connectivity index (χ1n) is 15.4. The van der Waals surface area contributed by atoms with Crippen LogP contribution in [-0.2, 0) is 23.1 Å². The number of rotatable bonds is 12. The van der Waals surface area contributed by atoms with Crippen molar-refractivity contribution in [3.05, 3.63) is 118 Å². The molecule has 0 aromatic heterocycles. The van der Waals surface area contributed by atoms with Crippen molar-refractivity contribution < 1.29 is 22.6 Å². The van der Waals surface area contributed by atoms with Gasteiger partial charge in [-0.05, 0) is 89.7 Å². The molecule has 0 fully saturated rings. The van der Waals surface area contributed by atoms with Crippen molar-refractivity contribution >= 4 is 32.9 Å². The Hall–Kier alpha value is -3.98. The second-order valence-electron chi connectivity index (χ2n) is 11.7. The first kappa shape index (κ1) is 33.4. The van der Waals surface area contributed by atoms with E-state index in [0.717, 1.165) is 46.5 Å². The molecule has 5 rings (SSSR count). The highest BCUT2D eigenvalue weighted by Gasteiger charge is 2.29. The number of hydrogen-bond donors (Lipinski definition) is 0. The number of methoxy groups -OCH3 is 2. The van der Waals surface area contributed by atoms with Gasteiger partial charge in [-0.3, -0.25) is 0 Å². The van der Waals surface area contributed by atoms with Gasteiger partial charge in [0.1, 0.15) is 17.2 Å². The van der Waals surface area contributed by atoms with Crippen LogP contribution in [0.15, 0.2) is 96.1 Å². The molecule has 0 radical (unpaired) electrons. The van der Waals surface area contributed by atoms with Crippen LogP contribution in [0.3, 0.4) is 0 Å². The lowest BCUT2D eigenvalue weighted by Gasteiger charge is -2.29. The number of ether oxygens (including phenoxy) is 3. The molecule has 4 aromatic carbocycles. The third-order valence-corrected chi connectivity index (χ3v) is 10.4. The molecule has 1 aliphatic rings. The summed E-state index contributed by atoms with van der Waals surface area (Å²) < 4.78 is 47.4. The number of fused-ring (bicyclic) bond motifs is 1. The van der Waals surface area contributed by atoms with Gasteiger partial charge in [-0.2, -0.15) is 4.31 Å². The second-order valence-corrected chi connectivity index (χ2v) is 14.1. The van der Waals surface area contributed by atoms with E-state index in [9.17, 15) is 8.42 Å². The first-order valence-corrected chi connectivity index (χ1v) is 17.2. The third-order valence-electron chi connectivity index (χ3n) is 8.40. The second kappa shape index (κ2) is 14.6. The molecule has 1 atom stereocenters. The maximum atomic E-state index is 14.5. The van der Waals surface area contributed by atoms with Crippen LogP contribution in [0.1, 0.15) is 42.5 Å². The molecular formula is C37H41ClN2O5S. The van der Waals surface area contributed by atoms with Crippen LogP contribution in [0.5, 0.6) is 17.2 Å². The molecule has 0 spiro atoms. The van der Waals surface area contributed by atoms with Crippen molar-refractivity contribution in [1.29, 1.82) is 0 Å². The molecule has 0 aliphatic carbocycles. The van der Waals surface area contributed by atoms with E-state index in [0.29, 0.717) is 34.7 Å². The largest absolute Gasteiger partial charge is 0.497 e. The van der Waals surface area contributed by atoms with Gasteiger partial charge in [0.25, 0.3) is 0 Å². The molecule has 9 heteroatoms. The lowest BCUT2D eigenvalue weighted by Crippen LogP contribution is -2.32. The Morgan fingerprint density at radius 1 is 0.891 bits per heavy atom. The Morgan fingerprint density at radius 3 is 2.04 bits per heavy atom. The van der Waals surface area contributed by atoms with Gasteiger partial charge in [0.15, 0.2) is 0 Å². The van der Waals surface area contributed by atoms with Gasteiger partial charge in [0.2, 0.25) is 10.0 Å². The molecular weight excluding hydrogens is 620 g/mol. The molecule has 4 aromatic rings. The summed E-state index contributed by atoms with van der Waals surface area (Å²) in [4.78, 5) is 2.43. The minimum Gasteiger partial charge on any atom is -0.497 e. The van der Waals surface area contributed by atoms with Crippen LogP contribution in [0, 0.1) is 12.8 Å². The third kappa shape index (κ3) is 7.69. The predicted octanol–water partition coefficient (Wildman–Crippen LogP) is 8.34. The number of hydrogen-bond acceptors (Lipinski definition) is 6. The van der Waals surface area contributed by atoms with Crippen LogP contribution in [-0.4, -0.2) is 40.0 Å². The summed E-state index contributed by atoms with van der Waals surface area (Å²) in [5, 5.41) is 0.680. The number of halogens is 1. The van der Waals surface area contributed by atoms with Crippen LogP contribution in [0.25, 0.3) is 5.57 Å². The quantitative estimate of drug-likeness (QED) is 0.152. The lowest BCUT2D eigenvalue weighted by atomic mass is 10.0. The topological polar surface area (TPSA) is 68.3 Å². The summed E-state index contributed by atoms with van der Waals surface area (Å²) >= 11 is 6.26. The van der Waals surface area contributed by atoms with Crippen LogP contribution in [0.2, 0.25) is 5.02 Å². The average Bonchev–Trinajstić information content (AvgIpc) is 3.24. The fourth-order valence-electron chi connectivity index (χ4n) is 5.52. The molecule has 0 saturated heterocycles. The molecule has 0 N–H and O–H groups in total. The van der Waals surface area contributed by atoms with E-state index in [1.54, 1.807) is 38.7 Å². The first-order chi connectivity index (χ1) is 22.1. The highest BCUT2D eigenvalue weighted by molar-refractivity contribution is 7.89. The summed E-state index contributed by atoms with van der Waals surface area (Å²) in [6, 6.07) is 25.9. The minimum atomic E-state index is -3.95. The highest BCUT2D eigenvalue weighted by Crippen LogP contribution is 2.38. The zero-order chi connectivity index (χ0) is 32.8. The zero-order valence-electron chi connectivity index (χ0n) is 27.0. The van der Waals surface area contributed by atoms with Crippen molar-refractivity contribution in [2.24, 2.45) is 5.92 Å². The van der Waals surface area contributed by atoms with E-state index in [1.165, 1.54) is 4.31 Å². The van der Waals surface area contributed by atoms with Gasteiger partial charge < -0.3 is 19.1 Å². The molecule has 0 amide bonds. The number of aryl methyl sites for hydroxylation is 1. The van der Waals surface area contributed by atoms with Crippen molar-refractivity contribution in [2.45, 2.75) is 45.2 Å². The van der Waals surface area contributed by atoms with E-state index < -0.39 is 10.0 Å². The number of benzene rings is 4. The van der Waals surface area contributed by atoms with Gasteiger partial charge in [-0.15, -0.1) is 0 Å². The lowest BCUT2D eigenvalue weighted by molar-refractivity contribution is 0.397. The summed E-state index contributed by atoms with van der Waals surface area (Å²) in [7, 11) is -0.735. The fraction of sp³-hybridized carbons (Fsp3) is 0.297. The molecule has 242 valence electrons. The summed E-state index contributed by atoms with van der Waals surface area (Å²) in [5.74, 6) is 2.41. The van der Waals surface area contributed by atoms with Crippen molar-refractivity contribution in [3.63, 3.8) is 0 Å². The Labute approximate surface area is 278 Å². The molecule has 1 heterocycles. The van der Waals surface area contributed by atoms with Crippen molar-refractivity contribution in [3.8, 4) is 17.2 Å². The van der Waals surface area contributed by atoms with Crippen LogP contribution >= 0.6 is 11.6 Å². The van der Waals surface area contributed by atoms with Gasteiger partial charge >= 0.3 is 0 Å². The van der Waals surface area contributed by atoms with E-state index in [-0.39, 0.29) is 18.0 Å². The van der Waals surface area contributed by atoms with E-state index in [4.69, 9.17) is 25.8 Å². The zero-order valence-corrected chi connectivity index (χ0v) is 28.6.